The third-order valence-corrected chi connectivity index (χ3v) is 8.05. The third kappa shape index (κ3) is 11.9. The summed E-state index contributed by atoms with van der Waals surface area (Å²) in [5.41, 5.74) is -0.403. The quantitative estimate of drug-likeness (QED) is 0.0913. The van der Waals surface area contributed by atoms with Crippen LogP contribution in [0.15, 0.2) is 36.0 Å². The zero-order valence-corrected chi connectivity index (χ0v) is 25.9. The highest BCUT2D eigenvalue weighted by molar-refractivity contribution is 5.70. The summed E-state index contributed by atoms with van der Waals surface area (Å²) in [6.45, 7) is 11.4. The van der Waals surface area contributed by atoms with Gasteiger partial charge in [0.05, 0.1) is 48.9 Å². The molecule has 0 radical (unpaired) electrons. The fourth-order valence-electron chi connectivity index (χ4n) is 5.19. The molecule has 0 spiro atoms. The van der Waals surface area contributed by atoms with Crippen molar-refractivity contribution in [3.05, 3.63) is 36.0 Å². The number of carbonyl (C=O) groups is 2. The molecule has 0 aromatic heterocycles. The van der Waals surface area contributed by atoms with Crippen LogP contribution in [0.4, 0.5) is 4.79 Å². The summed E-state index contributed by atoms with van der Waals surface area (Å²) in [5.74, 6) is -0.919. The summed E-state index contributed by atoms with van der Waals surface area (Å²) >= 11 is 0. The first-order valence-corrected chi connectivity index (χ1v) is 15.1. The van der Waals surface area contributed by atoms with Crippen molar-refractivity contribution in [2.45, 2.75) is 122 Å². The maximum absolute atomic E-state index is 12.7. The standard InChI is InChI=1S/C32H50N2O8/c1-7-25(36)23(5)30-27(40-30)19-32(6,39)15-8-10-21(3)29-22(4)12-14-26(41-31(38)34-17-9-16-33)20(2)11-13-24(35)18-28(37)42-29/h8,10,12,14-15,20,22-27,29-30,35-36,39H,7,9,11,13,17-19H2,1-6H3,(H,34,38)/b14-12+,15-8+,21-10+. The van der Waals surface area contributed by atoms with Gasteiger partial charge >= 0.3 is 12.1 Å². The molecule has 0 aliphatic carbocycles. The van der Waals surface area contributed by atoms with Gasteiger partial charge in [-0.15, -0.1) is 0 Å². The number of epoxide rings is 1. The molecule has 0 saturated carbocycles. The molecular formula is C32H50N2O8. The number of nitriles is 1. The normalized spacial score (nSPS) is 32.7. The number of allylic oxidation sites excluding steroid dienone is 2. The molecule has 2 rings (SSSR count). The number of cyclic esters (lactones) is 1. The van der Waals surface area contributed by atoms with Crippen LogP contribution < -0.4 is 5.32 Å². The minimum absolute atomic E-state index is 0.00306. The molecule has 1 fully saturated rings. The molecule has 1 amide bonds. The predicted molar refractivity (Wildman–Crippen MR) is 158 cm³/mol. The Labute approximate surface area is 250 Å². The maximum atomic E-state index is 12.7. The number of rotatable bonds is 11. The number of alkyl carbamates (subject to hydrolysis) is 1. The lowest BCUT2D eigenvalue weighted by atomic mass is 9.91. The molecule has 0 aromatic carbocycles. The fraction of sp³-hybridized carbons (Fsp3) is 0.719. The zero-order chi connectivity index (χ0) is 31.4. The molecule has 4 N–H and O–H groups in total. The van der Waals surface area contributed by atoms with Crippen molar-refractivity contribution in [2.75, 3.05) is 6.54 Å². The highest BCUT2D eigenvalue weighted by Gasteiger charge is 2.47. The maximum Gasteiger partial charge on any atom is 0.407 e. The van der Waals surface area contributed by atoms with Crippen molar-refractivity contribution >= 4 is 12.1 Å². The SMILES string of the molecule is CCC(O)C(C)C1OC1CC(C)(O)/C=C/C=C(\C)C1OC(=O)CC(O)CCC(C)C(OC(=O)NCCC#N)/C=C/C1C. The van der Waals surface area contributed by atoms with E-state index in [2.05, 4.69) is 5.32 Å². The van der Waals surface area contributed by atoms with Gasteiger partial charge in [0.1, 0.15) is 12.2 Å². The molecule has 10 heteroatoms. The number of amides is 1. The van der Waals surface area contributed by atoms with Crippen molar-refractivity contribution in [1.82, 2.24) is 5.32 Å². The first kappa shape index (κ1) is 35.5. The second-order valence-electron chi connectivity index (χ2n) is 12.1. The van der Waals surface area contributed by atoms with E-state index in [0.29, 0.717) is 25.7 Å². The minimum atomic E-state index is -1.14. The number of nitrogens with zero attached hydrogens (tertiary/aromatic N) is 1. The minimum Gasteiger partial charge on any atom is -0.457 e. The van der Waals surface area contributed by atoms with Gasteiger partial charge in [-0.2, -0.15) is 5.26 Å². The molecule has 2 aliphatic heterocycles. The fourth-order valence-corrected chi connectivity index (χ4v) is 5.19. The van der Waals surface area contributed by atoms with Gasteiger partial charge in [0.25, 0.3) is 0 Å². The van der Waals surface area contributed by atoms with Gasteiger partial charge in [0.15, 0.2) is 0 Å². The molecule has 0 aromatic rings. The Balaban J connectivity index is 2.15. The van der Waals surface area contributed by atoms with Crippen molar-refractivity contribution < 1.29 is 39.1 Å². The van der Waals surface area contributed by atoms with Gasteiger partial charge in [-0.1, -0.05) is 52.0 Å². The van der Waals surface area contributed by atoms with E-state index >= 15 is 0 Å². The second kappa shape index (κ2) is 16.8. The van der Waals surface area contributed by atoms with Gasteiger partial charge in [0.2, 0.25) is 0 Å². The summed E-state index contributed by atoms with van der Waals surface area (Å²) in [5, 5.41) is 42.7. The molecule has 42 heavy (non-hydrogen) atoms. The lowest BCUT2D eigenvalue weighted by molar-refractivity contribution is -0.151. The average molecular weight is 591 g/mol. The molecule has 0 bridgehead atoms. The Bertz CT molecular complexity index is 1020. The first-order chi connectivity index (χ1) is 19.8. The number of ether oxygens (including phenoxy) is 3. The highest BCUT2D eigenvalue weighted by atomic mass is 16.6. The van der Waals surface area contributed by atoms with E-state index < -0.39 is 42.1 Å². The lowest BCUT2D eigenvalue weighted by Crippen LogP contribution is -2.33. The zero-order valence-electron chi connectivity index (χ0n) is 25.9. The third-order valence-electron chi connectivity index (χ3n) is 8.05. The first-order valence-electron chi connectivity index (χ1n) is 15.1. The Morgan fingerprint density at radius 3 is 2.71 bits per heavy atom. The van der Waals surface area contributed by atoms with Crippen LogP contribution in [0.2, 0.25) is 0 Å². The van der Waals surface area contributed by atoms with E-state index in [1.54, 1.807) is 31.2 Å². The van der Waals surface area contributed by atoms with Crippen LogP contribution in [0.1, 0.15) is 80.1 Å². The van der Waals surface area contributed by atoms with Crippen LogP contribution >= 0.6 is 0 Å². The molecular weight excluding hydrogens is 540 g/mol. The number of carbonyl (C=O) groups excluding carboxylic acids is 2. The Kier molecular flexibility index (Phi) is 14.2. The Morgan fingerprint density at radius 2 is 2.05 bits per heavy atom. The van der Waals surface area contributed by atoms with Crippen molar-refractivity contribution in [2.24, 2.45) is 17.8 Å². The van der Waals surface area contributed by atoms with E-state index in [-0.39, 0.29) is 49.3 Å². The summed E-state index contributed by atoms with van der Waals surface area (Å²) in [6, 6.07) is 1.96. The molecule has 1 saturated heterocycles. The summed E-state index contributed by atoms with van der Waals surface area (Å²) in [7, 11) is 0. The van der Waals surface area contributed by atoms with Crippen LogP contribution in [0.5, 0.6) is 0 Å². The number of aliphatic hydroxyl groups is 3. The van der Waals surface area contributed by atoms with Crippen molar-refractivity contribution in [3.8, 4) is 6.07 Å². The van der Waals surface area contributed by atoms with Gasteiger partial charge in [-0.25, -0.2) is 4.79 Å². The van der Waals surface area contributed by atoms with Crippen LogP contribution in [-0.4, -0.2) is 76.2 Å². The Morgan fingerprint density at radius 1 is 1.33 bits per heavy atom. The van der Waals surface area contributed by atoms with Crippen molar-refractivity contribution in [1.29, 1.82) is 5.26 Å². The number of hydrogen-bond donors (Lipinski definition) is 4. The Hall–Kier alpha value is -2.71. The summed E-state index contributed by atoms with van der Waals surface area (Å²) in [6.07, 6.45) is 7.39. The van der Waals surface area contributed by atoms with E-state index in [9.17, 15) is 24.9 Å². The number of nitrogens with one attached hydrogen (secondary N) is 1. The van der Waals surface area contributed by atoms with Crippen LogP contribution in [-0.2, 0) is 19.0 Å². The van der Waals surface area contributed by atoms with Crippen LogP contribution in [0.3, 0.4) is 0 Å². The molecule has 10 atom stereocenters. The van der Waals surface area contributed by atoms with E-state index in [0.717, 1.165) is 5.57 Å². The largest absolute Gasteiger partial charge is 0.457 e. The summed E-state index contributed by atoms with van der Waals surface area (Å²) in [4.78, 5) is 25.0. The number of aliphatic hydroxyl groups excluding tert-OH is 2. The van der Waals surface area contributed by atoms with Crippen molar-refractivity contribution in [3.63, 3.8) is 0 Å². The second-order valence-corrected chi connectivity index (χ2v) is 12.1. The molecule has 10 nitrogen and oxygen atoms in total. The van der Waals surface area contributed by atoms with Gasteiger partial charge in [0, 0.05) is 24.8 Å². The van der Waals surface area contributed by atoms with Gasteiger partial charge in [-0.05, 0) is 50.7 Å². The topological polar surface area (TPSA) is 162 Å². The summed E-state index contributed by atoms with van der Waals surface area (Å²) < 4.78 is 17.1. The highest BCUT2D eigenvalue weighted by Crippen LogP contribution is 2.37. The van der Waals surface area contributed by atoms with E-state index in [4.69, 9.17) is 19.5 Å². The van der Waals surface area contributed by atoms with Crippen LogP contribution in [0.25, 0.3) is 0 Å². The van der Waals surface area contributed by atoms with Gasteiger partial charge in [-0.3, -0.25) is 4.79 Å². The smallest absolute Gasteiger partial charge is 0.407 e. The monoisotopic (exact) mass is 590 g/mol. The van der Waals surface area contributed by atoms with Crippen LogP contribution in [0, 0.1) is 29.1 Å². The molecule has 10 unspecified atom stereocenters. The number of hydrogen-bond acceptors (Lipinski definition) is 9. The molecule has 236 valence electrons. The predicted octanol–water partition coefficient (Wildman–Crippen LogP) is 4.10. The molecule has 2 heterocycles. The van der Waals surface area contributed by atoms with Gasteiger partial charge < -0.3 is 34.8 Å². The molecule has 2 aliphatic rings. The van der Waals surface area contributed by atoms with E-state index in [1.165, 1.54) is 0 Å². The lowest BCUT2D eigenvalue weighted by Gasteiger charge is -2.27. The average Bonchev–Trinajstić information content (AvgIpc) is 3.68. The number of esters is 1. The van der Waals surface area contributed by atoms with E-state index in [1.807, 2.05) is 46.8 Å².